The first-order chi connectivity index (χ1) is 13.9. The summed E-state index contributed by atoms with van der Waals surface area (Å²) in [6.45, 7) is 4.09. The third kappa shape index (κ3) is 3.64. The zero-order valence-corrected chi connectivity index (χ0v) is 16.6. The number of fused-ring (bicyclic) bond motifs is 1. The summed E-state index contributed by atoms with van der Waals surface area (Å²) in [5.74, 6) is 1.28. The summed E-state index contributed by atoms with van der Waals surface area (Å²) in [6.07, 6.45) is 1.78. The number of carbonyl (C=O) groups excluding carboxylic acids is 1. The van der Waals surface area contributed by atoms with Gasteiger partial charge in [-0.3, -0.25) is 14.9 Å². The van der Waals surface area contributed by atoms with Crippen LogP contribution >= 0.6 is 11.3 Å². The number of nitrogens with zero attached hydrogens (tertiary/aromatic N) is 1. The molecule has 2 aromatic carbocycles. The Balaban J connectivity index is 1.53. The molecule has 7 heteroatoms. The number of benzene rings is 2. The van der Waals surface area contributed by atoms with Crippen LogP contribution in [0.25, 0.3) is 6.08 Å². The number of nitro groups is 1. The third-order valence-electron chi connectivity index (χ3n) is 4.74. The molecule has 3 aromatic rings. The third-order valence-corrected chi connectivity index (χ3v) is 5.71. The number of aryl methyl sites for hydroxylation is 1. The predicted molar refractivity (Wildman–Crippen MR) is 111 cm³/mol. The van der Waals surface area contributed by atoms with Crippen molar-refractivity contribution in [3.05, 3.63) is 90.8 Å². The highest BCUT2D eigenvalue weighted by molar-refractivity contribution is 7.11. The molecule has 6 nitrogen and oxygen atoms in total. The van der Waals surface area contributed by atoms with Crippen LogP contribution in [0.4, 0.5) is 5.69 Å². The quantitative estimate of drug-likeness (QED) is 0.318. The van der Waals surface area contributed by atoms with Gasteiger partial charge < -0.3 is 9.47 Å². The molecular formula is C22H17NO5S. The molecule has 0 saturated carbocycles. The molecule has 4 rings (SSSR count). The number of hydrogen-bond acceptors (Lipinski definition) is 6. The van der Waals surface area contributed by atoms with Crippen LogP contribution in [0.2, 0.25) is 0 Å². The lowest BCUT2D eigenvalue weighted by atomic mass is 10.1. The van der Waals surface area contributed by atoms with Gasteiger partial charge in [0.2, 0.25) is 5.78 Å². The summed E-state index contributed by atoms with van der Waals surface area (Å²) in [6, 6.07) is 11.7. The van der Waals surface area contributed by atoms with E-state index in [0.29, 0.717) is 22.8 Å². The monoisotopic (exact) mass is 407 g/mol. The van der Waals surface area contributed by atoms with Gasteiger partial charge in [0.15, 0.2) is 5.76 Å². The summed E-state index contributed by atoms with van der Waals surface area (Å²) >= 11 is 1.56. The van der Waals surface area contributed by atoms with Gasteiger partial charge in [-0.2, -0.15) is 0 Å². The van der Waals surface area contributed by atoms with Crippen LogP contribution in [0.1, 0.15) is 31.9 Å². The van der Waals surface area contributed by atoms with Gasteiger partial charge in [0.1, 0.15) is 18.1 Å². The number of ketones is 1. The Kier molecular flexibility index (Phi) is 4.90. The van der Waals surface area contributed by atoms with Gasteiger partial charge in [-0.25, -0.2) is 0 Å². The largest absolute Gasteiger partial charge is 0.488 e. The second-order valence-corrected chi connectivity index (χ2v) is 7.63. The van der Waals surface area contributed by atoms with Crippen LogP contribution in [0.3, 0.4) is 0 Å². The first-order valence-electron chi connectivity index (χ1n) is 8.92. The zero-order chi connectivity index (χ0) is 20.5. The summed E-state index contributed by atoms with van der Waals surface area (Å²) in [5, 5.41) is 12.7. The molecule has 0 fully saturated rings. The lowest BCUT2D eigenvalue weighted by Gasteiger charge is -2.11. The number of hydrogen-bond donors (Lipinski definition) is 0. The molecular weight excluding hydrogens is 390 g/mol. The zero-order valence-electron chi connectivity index (χ0n) is 15.8. The Morgan fingerprint density at radius 1 is 1.14 bits per heavy atom. The molecule has 29 heavy (non-hydrogen) atoms. The van der Waals surface area contributed by atoms with E-state index in [2.05, 4.69) is 0 Å². The van der Waals surface area contributed by atoms with Crippen LogP contribution in [-0.2, 0) is 6.61 Å². The van der Waals surface area contributed by atoms with Crippen LogP contribution in [-0.4, -0.2) is 10.7 Å². The van der Waals surface area contributed by atoms with E-state index in [1.807, 2.05) is 25.3 Å². The molecule has 0 saturated heterocycles. The van der Waals surface area contributed by atoms with E-state index in [4.69, 9.17) is 9.47 Å². The molecule has 0 atom stereocenters. The Labute approximate surface area is 171 Å². The van der Waals surface area contributed by atoms with Crippen molar-refractivity contribution in [1.82, 2.24) is 0 Å². The average molecular weight is 407 g/mol. The molecule has 0 aliphatic carbocycles. The fraction of sp³-hybridized carbons (Fsp3) is 0.136. The van der Waals surface area contributed by atoms with E-state index < -0.39 is 4.92 Å². The lowest BCUT2D eigenvalue weighted by molar-refractivity contribution is -0.384. The van der Waals surface area contributed by atoms with Crippen LogP contribution in [0.15, 0.2) is 53.6 Å². The molecule has 2 heterocycles. The van der Waals surface area contributed by atoms with Crippen LogP contribution in [0, 0.1) is 24.0 Å². The van der Waals surface area contributed by atoms with Gasteiger partial charge in [0.05, 0.1) is 10.5 Å². The highest BCUT2D eigenvalue weighted by Gasteiger charge is 2.30. The molecule has 0 N–H and O–H groups in total. The summed E-state index contributed by atoms with van der Waals surface area (Å²) in [4.78, 5) is 24.0. The summed E-state index contributed by atoms with van der Waals surface area (Å²) in [5.41, 5.74) is 3.20. The molecule has 0 bridgehead atoms. The molecule has 0 spiro atoms. The number of carbonyl (C=O) groups is 1. The smallest absolute Gasteiger partial charge is 0.269 e. The maximum absolute atomic E-state index is 12.7. The minimum Gasteiger partial charge on any atom is -0.488 e. The number of nitro benzene ring substituents is 1. The first kappa shape index (κ1) is 18.9. The van der Waals surface area contributed by atoms with Crippen LogP contribution < -0.4 is 9.47 Å². The van der Waals surface area contributed by atoms with Crippen molar-refractivity contribution in [2.45, 2.75) is 20.5 Å². The van der Waals surface area contributed by atoms with E-state index in [-0.39, 0.29) is 18.1 Å². The number of rotatable bonds is 5. The standard InChI is InChI=1S/C22H17NO5S/c1-13-9-10-29-20(13)11-19-21(24)17-7-8-18(14(2)22(17)28-19)27-12-15-3-5-16(6-4-15)23(25)26/h3-11H,12H2,1-2H3/b19-11-. The van der Waals surface area contributed by atoms with Crippen molar-refractivity contribution < 1.29 is 19.2 Å². The Morgan fingerprint density at radius 3 is 2.55 bits per heavy atom. The van der Waals surface area contributed by atoms with Crippen molar-refractivity contribution in [2.75, 3.05) is 0 Å². The van der Waals surface area contributed by atoms with E-state index in [1.165, 1.54) is 12.1 Å². The molecule has 146 valence electrons. The predicted octanol–water partition coefficient (Wildman–Crippen LogP) is 5.47. The number of Topliss-reactive ketones (excluding diaryl/α,β-unsaturated/α-hetero) is 1. The normalized spacial score (nSPS) is 14.0. The second kappa shape index (κ2) is 7.52. The summed E-state index contributed by atoms with van der Waals surface area (Å²) in [7, 11) is 0. The van der Waals surface area contributed by atoms with Gasteiger partial charge in [-0.1, -0.05) is 0 Å². The van der Waals surface area contributed by atoms with E-state index >= 15 is 0 Å². The molecule has 0 unspecified atom stereocenters. The van der Waals surface area contributed by atoms with Crippen molar-refractivity contribution in [3.8, 4) is 11.5 Å². The molecule has 1 aliphatic heterocycles. The van der Waals surface area contributed by atoms with Crippen molar-refractivity contribution in [2.24, 2.45) is 0 Å². The number of ether oxygens (including phenoxy) is 2. The minimum atomic E-state index is -0.438. The number of thiophene rings is 1. The average Bonchev–Trinajstić information content (AvgIpc) is 3.26. The fourth-order valence-corrected chi connectivity index (χ4v) is 3.90. The fourth-order valence-electron chi connectivity index (χ4n) is 3.05. The Bertz CT molecular complexity index is 1140. The van der Waals surface area contributed by atoms with Gasteiger partial charge in [-0.05, 0) is 60.7 Å². The molecule has 1 aromatic heterocycles. The van der Waals surface area contributed by atoms with Gasteiger partial charge in [0.25, 0.3) is 5.69 Å². The van der Waals surface area contributed by atoms with Crippen LogP contribution in [0.5, 0.6) is 11.5 Å². The van der Waals surface area contributed by atoms with Crippen molar-refractivity contribution in [3.63, 3.8) is 0 Å². The first-order valence-corrected chi connectivity index (χ1v) is 9.80. The van der Waals surface area contributed by atoms with Gasteiger partial charge in [0, 0.05) is 28.6 Å². The van der Waals surface area contributed by atoms with Crippen molar-refractivity contribution >= 4 is 28.9 Å². The maximum Gasteiger partial charge on any atom is 0.269 e. The van der Waals surface area contributed by atoms with Crippen molar-refractivity contribution in [1.29, 1.82) is 0 Å². The maximum atomic E-state index is 12.7. The Morgan fingerprint density at radius 2 is 1.90 bits per heavy atom. The lowest BCUT2D eigenvalue weighted by Crippen LogP contribution is -1.99. The number of allylic oxidation sites excluding steroid dienone is 1. The molecule has 0 amide bonds. The van der Waals surface area contributed by atoms with E-state index in [1.54, 1.807) is 41.7 Å². The van der Waals surface area contributed by atoms with E-state index in [9.17, 15) is 14.9 Å². The SMILES string of the molecule is Cc1ccsc1/C=C1\Oc2c(ccc(OCc3ccc([N+](=O)[O-])cc3)c2C)C1=O. The Hall–Kier alpha value is -3.45. The molecule has 1 aliphatic rings. The summed E-state index contributed by atoms with van der Waals surface area (Å²) < 4.78 is 11.7. The van der Waals surface area contributed by atoms with Gasteiger partial charge in [-0.15, -0.1) is 11.3 Å². The number of non-ortho nitro benzene ring substituents is 1. The highest BCUT2D eigenvalue weighted by Crippen LogP contribution is 2.40. The molecule has 0 radical (unpaired) electrons. The van der Waals surface area contributed by atoms with Gasteiger partial charge >= 0.3 is 0 Å². The second-order valence-electron chi connectivity index (χ2n) is 6.69. The minimum absolute atomic E-state index is 0.0367. The highest BCUT2D eigenvalue weighted by atomic mass is 32.1. The van der Waals surface area contributed by atoms with E-state index in [0.717, 1.165) is 21.6 Å². The topological polar surface area (TPSA) is 78.7 Å².